The number of rotatable bonds is 20. The number of fused-ring (bicyclic) bond motifs is 15. The van der Waals surface area contributed by atoms with Gasteiger partial charge in [0.25, 0.3) is 0 Å². The van der Waals surface area contributed by atoms with Crippen LogP contribution in [-0.4, -0.2) is 0 Å². The van der Waals surface area contributed by atoms with Crippen LogP contribution in [0.3, 0.4) is 0 Å². The molecule has 0 atom stereocenters. The fraction of sp³-hybridized carbons (Fsp3) is 0.0382. The second kappa shape index (κ2) is 36.6. The standard InChI is InChI=1S/C51H36N2O.C41H32N2O.C39H28N2O/c1-7-19-37(20-8-1)51(38-21-9-2-10-22-38)47-34-32-43(52(39-23-11-3-12-24-39)40-25-13-4-14-26-40)35-46(47)50-49(51)45-33-31-44(36-48(45)54-50)53(41-27-15-5-16-28-41)42-29-17-6-18-30-42;1-41(2)37-26-24-33(42(29-15-7-3-8-16-29)30-17-9-4-10-18-30)27-36(37)40-39(41)35-25-23-34(28-38(35)44-40)43(31-19-11-5-12-20-31)32-21-13-6-14-22-32;1-5-13-29(14-6-1)40(30-15-7-2-8-16-30)33-22-21-28-25-37-35-24-23-34(27-38(35)42-39(37)36(28)26-33)41(31-17-9-3-10-18-31)32-19-11-4-12-20-32/h1-36H;3-28H,1-2H3;1-24,26-27H,25H2. The van der Waals surface area contributed by atoms with Gasteiger partial charge in [0, 0.05) is 182 Å². The van der Waals surface area contributed by atoms with E-state index in [4.69, 9.17) is 13.3 Å². The number of hydrogen-bond donors (Lipinski definition) is 0. The Morgan fingerprint density at radius 1 is 0.186 bits per heavy atom. The maximum Gasteiger partial charge on any atom is 0.140 e. The molecule has 9 nitrogen and oxygen atoms in total. The first kappa shape index (κ1) is 84.8. The molecular weight excluding hydrogens is 1710 g/mol. The fourth-order valence-electron chi connectivity index (χ4n) is 21.4. The molecule has 0 saturated heterocycles. The SMILES string of the molecule is CC1(C)c2ccc(N(c3ccccc3)c3ccccc3)cc2-c2oc3cc(N(c4ccccc4)c4ccccc4)ccc3c21.c1ccc(N(c2ccccc2)c2ccc3c(c2)-c2oc4cc(N(c5ccccc5)c5ccccc5)ccc4c2C3(c2ccccc2)c2ccccc2)cc1.c1ccc(N(c2ccccc2)c2ccc3c(c2)-c2oc4cc(N(c5ccccc5)c5ccccc5)ccc4c2C3)cc1. The van der Waals surface area contributed by atoms with Gasteiger partial charge in [-0.3, -0.25) is 0 Å². The summed E-state index contributed by atoms with van der Waals surface area (Å²) in [5.74, 6) is 2.84. The Balaban J connectivity index is 0.000000115. The highest BCUT2D eigenvalue weighted by atomic mass is 16.3. The molecule has 0 spiro atoms. The summed E-state index contributed by atoms with van der Waals surface area (Å²) in [6, 6.07) is 189. The third-order valence-corrected chi connectivity index (χ3v) is 27.5. The molecular formula is C131H96N6O3. The molecule has 0 amide bonds. The number of nitrogens with zero attached hydrogens (tertiary/aromatic N) is 6. The van der Waals surface area contributed by atoms with E-state index in [2.05, 4.69) is 577 Å². The van der Waals surface area contributed by atoms with Gasteiger partial charge >= 0.3 is 0 Å². The molecule has 9 heteroatoms. The van der Waals surface area contributed by atoms with E-state index in [1.54, 1.807) is 0 Å². The van der Waals surface area contributed by atoms with Gasteiger partial charge in [-0.2, -0.15) is 0 Å². The molecule has 0 saturated carbocycles. The molecule has 0 unspecified atom stereocenters. The minimum Gasteiger partial charge on any atom is -0.456 e. The van der Waals surface area contributed by atoms with E-state index in [0.717, 1.165) is 165 Å². The Labute approximate surface area is 815 Å². The Kier molecular flexibility index (Phi) is 22.1. The molecule has 668 valence electrons. The third-order valence-electron chi connectivity index (χ3n) is 27.5. The molecule has 0 radical (unpaired) electrons. The molecule has 3 aliphatic carbocycles. The Bertz CT molecular complexity index is 8050. The number of benzene rings is 20. The molecule has 3 aromatic heterocycles. The van der Waals surface area contributed by atoms with Crippen molar-refractivity contribution in [2.24, 2.45) is 0 Å². The van der Waals surface area contributed by atoms with Crippen molar-refractivity contribution in [3.05, 3.63) is 578 Å². The van der Waals surface area contributed by atoms with Crippen LogP contribution in [-0.2, 0) is 17.3 Å². The van der Waals surface area contributed by atoms with E-state index in [0.29, 0.717) is 0 Å². The number of hydrogen-bond acceptors (Lipinski definition) is 9. The lowest BCUT2D eigenvalue weighted by Crippen LogP contribution is -2.28. The Morgan fingerprint density at radius 3 is 0.714 bits per heavy atom. The maximum absolute atomic E-state index is 7.20. The predicted octanol–water partition coefficient (Wildman–Crippen LogP) is 36.4. The zero-order valence-electron chi connectivity index (χ0n) is 77.4. The summed E-state index contributed by atoms with van der Waals surface area (Å²) < 4.78 is 20.7. The third kappa shape index (κ3) is 15.4. The van der Waals surface area contributed by atoms with Crippen LogP contribution >= 0.6 is 0 Å². The van der Waals surface area contributed by atoms with E-state index in [1.807, 2.05) is 0 Å². The summed E-state index contributed by atoms with van der Waals surface area (Å²) in [5.41, 5.74) is 34.9. The van der Waals surface area contributed by atoms with Crippen LogP contribution in [0.25, 0.3) is 66.9 Å². The molecule has 0 N–H and O–H groups in total. The maximum atomic E-state index is 7.20. The fourth-order valence-corrected chi connectivity index (χ4v) is 21.4. The lowest BCUT2D eigenvalue weighted by molar-refractivity contribution is 0.619. The van der Waals surface area contributed by atoms with Crippen molar-refractivity contribution in [1.29, 1.82) is 0 Å². The van der Waals surface area contributed by atoms with Crippen LogP contribution in [0.5, 0.6) is 0 Å². The van der Waals surface area contributed by atoms with Gasteiger partial charge in [0.2, 0.25) is 0 Å². The van der Waals surface area contributed by atoms with Crippen LogP contribution in [0.4, 0.5) is 102 Å². The van der Waals surface area contributed by atoms with Gasteiger partial charge in [0.1, 0.15) is 34.0 Å². The zero-order valence-corrected chi connectivity index (χ0v) is 77.4. The van der Waals surface area contributed by atoms with Crippen LogP contribution < -0.4 is 29.4 Å². The largest absolute Gasteiger partial charge is 0.456 e. The zero-order chi connectivity index (χ0) is 93.5. The van der Waals surface area contributed by atoms with Crippen LogP contribution in [0.15, 0.2) is 547 Å². The van der Waals surface area contributed by atoms with Gasteiger partial charge in [0.05, 0.1) is 5.41 Å². The first-order valence-corrected chi connectivity index (χ1v) is 47.9. The Hall–Kier alpha value is -18.2. The summed E-state index contributed by atoms with van der Waals surface area (Å²) in [4.78, 5) is 13.8. The molecule has 3 aliphatic rings. The summed E-state index contributed by atoms with van der Waals surface area (Å²) in [6.45, 7) is 4.62. The second-order valence-corrected chi connectivity index (χ2v) is 36.2. The molecule has 0 fully saturated rings. The van der Waals surface area contributed by atoms with Gasteiger partial charge in [-0.15, -0.1) is 0 Å². The van der Waals surface area contributed by atoms with Crippen LogP contribution in [0.2, 0.25) is 0 Å². The quantitative estimate of drug-likeness (QED) is 0.0743. The van der Waals surface area contributed by atoms with E-state index >= 15 is 0 Å². The normalized spacial score (nSPS) is 12.4. The Morgan fingerprint density at radius 2 is 0.407 bits per heavy atom. The highest BCUT2D eigenvalue weighted by Crippen LogP contribution is 2.62. The number of anilines is 18. The van der Waals surface area contributed by atoms with Crippen LogP contribution in [0.1, 0.15) is 58.4 Å². The first-order chi connectivity index (χ1) is 69.2. The van der Waals surface area contributed by atoms with E-state index in [9.17, 15) is 0 Å². The van der Waals surface area contributed by atoms with Crippen molar-refractivity contribution in [2.75, 3.05) is 29.4 Å². The minimum absolute atomic E-state index is 0.196. The van der Waals surface area contributed by atoms with Gasteiger partial charge in [-0.1, -0.05) is 311 Å². The van der Waals surface area contributed by atoms with Crippen molar-refractivity contribution in [3.8, 4) is 34.0 Å². The average molecular weight is 1800 g/mol. The van der Waals surface area contributed by atoms with Crippen molar-refractivity contribution < 1.29 is 13.3 Å². The highest BCUT2D eigenvalue weighted by Gasteiger charge is 2.50. The molecule has 26 rings (SSSR count). The number of para-hydroxylation sites is 12. The summed E-state index contributed by atoms with van der Waals surface area (Å²) in [6.07, 6.45) is 0.870. The molecule has 20 aromatic carbocycles. The van der Waals surface area contributed by atoms with E-state index in [1.165, 1.54) is 55.5 Å². The monoisotopic (exact) mass is 1800 g/mol. The second-order valence-electron chi connectivity index (χ2n) is 36.2. The molecule has 23 aromatic rings. The molecule has 0 bridgehead atoms. The van der Waals surface area contributed by atoms with Crippen molar-refractivity contribution in [3.63, 3.8) is 0 Å². The van der Waals surface area contributed by atoms with E-state index in [-0.39, 0.29) is 5.41 Å². The highest BCUT2D eigenvalue weighted by molar-refractivity contribution is 6.03. The van der Waals surface area contributed by atoms with Gasteiger partial charge in [-0.25, -0.2) is 0 Å². The summed E-state index contributed by atoms with van der Waals surface area (Å²) in [7, 11) is 0. The lowest BCUT2D eigenvalue weighted by atomic mass is 9.67. The van der Waals surface area contributed by atoms with Gasteiger partial charge in [-0.05, 0) is 246 Å². The van der Waals surface area contributed by atoms with Crippen molar-refractivity contribution >= 4 is 135 Å². The lowest BCUT2D eigenvalue weighted by Gasteiger charge is -2.34. The minimum atomic E-state index is -0.610. The molecule has 3 heterocycles. The van der Waals surface area contributed by atoms with Gasteiger partial charge in [0.15, 0.2) is 0 Å². The van der Waals surface area contributed by atoms with Gasteiger partial charge < -0.3 is 42.7 Å². The topological polar surface area (TPSA) is 58.9 Å². The molecule has 140 heavy (non-hydrogen) atoms. The molecule has 0 aliphatic heterocycles. The smallest absolute Gasteiger partial charge is 0.140 e. The number of furan rings is 3. The predicted molar refractivity (Wildman–Crippen MR) is 580 cm³/mol. The van der Waals surface area contributed by atoms with E-state index < -0.39 is 5.41 Å². The van der Waals surface area contributed by atoms with Crippen molar-refractivity contribution in [1.82, 2.24) is 0 Å². The first-order valence-electron chi connectivity index (χ1n) is 47.9. The summed E-state index contributed by atoms with van der Waals surface area (Å²) in [5, 5.41) is 3.44. The van der Waals surface area contributed by atoms with Crippen molar-refractivity contribution in [2.45, 2.75) is 31.1 Å². The summed E-state index contributed by atoms with van der Waals surface area (Å²) >= 11 is 0. The average Bonchev–Trinajstić information content (AvgIpc) is 1.51. The van der Waals surface area contributed by atoms with Crippen LogP contribution in [0, 0.1) is 0 Å².